The average Bonchev–Trinajstić information content (AvgIpc) is 2.88. The first kappa shape index (κ1) is 11.6. The third-order valence-electron chi connectivity index (χ3n) is 3.24. The summed E-state index contributed by atoms with van der Waals surface area (Å²) < 4.78 is 3.29. The molecular weight excluding hydrogens is 240 g/mol. The van der Waals surface area contributed by atoms with Crippen LogP contribution in [-0.4, -0.2) is 19.4 Å². The minimum absolute atomic E-state index is 0.0408. The summed E-state index contributed by atoms with van der Waals surface area (Å²) in [7, 11) is 0. The second-order valence-corrected chi connectivity index (χ2v) is 4.53. The van der Waals surface area contributed by atoms with Crippen LogP contribution in [0, 0.1) is 6.92 Å². The van der Waals surface area contributed by atoms with Crippen molar-refractivity contribution in [3.63, 3.8) is 0 Å². The van der Waals surface area contributed by atoms with Crippen molar-refractivity contribution in [1.82, 2.24) is 19.4 Å². The average molecular weight is 254 g/mol. The molecule has 3 aromatic rings. The molecule has 1 aromatic carbocycles. The summed E-state index contributed by atoms with van der Waals surface area (Å²) in [5, 5.41) is 7.62. The van der Waals surface area contributed by atoms with E-state index in [1.165, 1.54) is 16.3 Å². The molecule has 0 fully saturated rings. The number of fused-ring (bicyclic) bond motifs is 1. The van der Waals surface area contributed by atoms with Crippen LogP contribution in [0.3, 0.4) is 0 Å². The molecule has 0 atom stereocenters. The topological polar surface area (TPSA) is 52.2 Å². The van der Waals surface area contributed by atoms with Crippen molar-refractivity contribution in [2.75, 3.05) is 0 Å². The van der Waals surface area contributed by atoms with Crippen LogP contribution in [-0.2, 0) is 13.0 Å². The summed E-state index contributed by atoms with van der Waals surface area (Å²) >= 11 is 0. The number of aryl methyl sites for hydroxylation is 2. The minimum Gasteiger partial charge on any atom is -0.309 e. The molecule has 0 bridgehead atoms. The maximum atomic E-state index is 12.3. The monoisotopic (exact) mass is 254 g/mol. The van der Waals surface area contributed by atoms with E-state index in [-0.39, 0.29) is 5.56 Å². The van der Waals surface area contributed by atoms with Crippen molar-refractivity contribution in [2.24, 2.45) is 0 Å². The molecule has 0 aliphatic rings. The molecule has 2 aromatic heterocycles. The molecule has 0 unspecified atom stereocenters. The quantitative estimate of drug-likeness (QED) is 0.710. The highest BCUT2D eigenvalue weighted by Gasteiger charge is 2.07. The van der Waals surface area contributed by atoms with Crippen LogP contribution in [0.15, 0.2) is 47.5 Å². The van der Waals surface area contributed by atoms with Gasteiger partial charge in [-0.2, -0.15) is 0 Å². The number of rotatable bonds is 3. The predicted molar refractivity (Wildman–Crippen MR) is 72.1 cm³/mol. The molecule has 2 heterocycles. The number of nitrogens with zero attached hydrogens (tertiary/aromatic N) is 4. The lowest BCUT2D eigenvalue weighted by atomic mass is 10.1. The Morgan fingerprint density at radius 2 is 2.00 bits per heavy atom. The van der Waals surface area contributed by atoms with Crippen molar-refractivity contribution in [3.05, 3.63) is 64.3 Å². The lowest BCUT2D eigenvalue weighted by Crippen LogP contribution is -2.25. The zero-order chi connectivity index (χ0) is 13.2. The SMILES string of the molecule is Cc1cn2nncc2c(=O)n1CCc1ccccc1. The van der Waals surface area contributed by atoms with Gasteiger partial charge in [-0.15, -0.1) is 5.10 Å². The lowest BCUT2D eigenvalue weighted by Gasteiger charge is -2.10. The number of hydrogen-bond donors (Lipinski definition) is 0. The van der Waals surface area contributed by atoms with Crippen LogP contribution in [0.4, 0.5) is 0 Å². The third kappa shape index (κ3) is 2.14. The molecule has 0 saturated heterocycles. The lowest BCUT2D eigenvalue weighted by molar-refractivity contribution is 0.639. The van der Waals surface area contributed by atoms with Crippen molar-refractivity contribution in [1.29, 1.82) is 0 Å². The van der Waals surface area contributed by atoms with Crippen LogP contribution in [0.5, 0.6) is 0 Å². The van der Waals surface area contributed by atoms with Gasteiger partial charge in [0.1, 0.15) is 0 Å². The van der Waals surface area contributed by atoms with Gasteiger partial charge in [0.2, 0.25) is 0 Å². The van der Waals surface area contributed by atoms with Gasteiger partial charge in [-0.1, -0.05) is 35.5 Å². The Balaban J connectivity index is 1.94. The Morgan fingerprint density at radius 3 is 2.79 bits per heavy atom. The van der Waals surface area contributed by atoms with Gasteiger partial charge < -0.3 is 4.57 Å². The Bertz CT molecular complexity index is 758. The molecule has 0 amide bonds. The standard InChI is InChI=1S/C14H14N4O/c1-11-10-18-13(9-15-16-18)14(19)17(11)8-7-12-5-3-2-4-6-12/h2-6,9-10H,7-8H2,1H3. The van der Waals surface area contributed by atoms with Crippen LogP contribution < -0.4 is 5.56 Å². The maximum absolute atomic E-state index is 12.3. The maximum Gasteiger partial charge on any atom is 0.278 e. The minimum atomic E-state index is -0.0408. The summed E-state index contributed by atoms with van der Waals surface area (Å²) in [6.07, 6.45) is 4.16. The summed E-state index contributed by atoms with van der Waals surface area (Å²) in [5.41, 5.74) is 2.58. The largest absolute Gasteiger partial charge is 0.309 e. The first-order valence-electron chi connectivity index (χ1n) is 6.20. The molecule has 0 aliphatic carbocycles. The molecular formula is C14H14N4O. The van der Waals surface area contributed by atoms with Crippen LogP contribution in [0.25, 0.3) is 5.52 Å². The van der Waals surface area contributed by atoms with Gasteiger partial charge in [0, 0.05) is 12.2 Å². The molecule has 19 heavy (non-hydrogen) atoms. The molecule has 5 nitrogen and oxygen atoms in total. The van der Waals surface area contributed by atoms with E-state index in [1.807, 2.05) is 31.3 Å². The highest BCUT2D eigenvalue weighted by Crippen LogP contribution is 2.04. The van der Waals surface area contributed by atoms with E-state index in [4.69, 9.17) is 0 Å². The predicted octanol–water partition coefficient (Wildman–Crippen LogP) is 1.44. The molecule has 5 heteroatoms. The van der Waals surface area contributed by atoms with Gasteiger partial charge in [0.25, 0.3) is 5.56 Å². The highest BCUT2D eigenvalue weighted by molar-refractivity contribution is 5.40. The summed E-state index contributed by atoms with van der Waals surface area (Å²) in [6, 6.07) is 10.1. The number of hydrogen-bond acceptors (Lipinski definition) is 3. The molecule has 3 rings (SSSR count). The van der Waals surface area contributed by atoms with Crippen molar-refractivity contribution < 1.29 is 0 Å². The molecule has 0 aliphatic heterocycles. The van der Waals surface area contributed by atoms with E-state index >= 15 is 0 Å². The van der Waals surface area contributed by atoms with Gasteiger partial charge >= 0.3 is 0 Å². The summed E-state index contributed by atoms with van der Waals surface area (Å²) in [6.45, 7) is 2.57. The summed E-state index contributed by atoms with van der Waals surface area (Å²) in [5.74, 6) is 0. The van der Waals surface area contributed by atoms with Gasteiger partial charge in [0.15, 0.2) is 5.52 Å². The summed E-state index contributed by atoms with van der Waals surface area (Å²) in [4.78, 5) is 12.3. The number of aromatic nitrogens is 4. The second-order valence-electron chi connectivity index (χ2n) is 4.53. The van der Waals surface area contributed by atoms with Gasteiger partial charge in [-0.25, -0.2) is 4.52 Å². The van der Waals surface area contributed by atoms with E-state index in [0.29, 0.717) is 12.1 Å². The van der Waals surface area contributed by atoms with Crippen LogP contribution in [0.1, 0.15) is 11.3 Å². The van der Waals surface area contributed by atoms with E-state index in [2.05, 4.69) is 22.4 Å². The van der Waals surface area contributed by atoms with E-state index in [0.717, 1.165) is 12.1 Å². The molecule has 0 spiro atoms. The van der Waals surface area contributed by atoms with Crippen molar-refractivity contribution in [2.45, 2.75) is 19.9 Å². The van der Waals surface area contributed by atoms with E-state index < -0.39 is 0 Å². The smallest absolute Gasteiger partial charge is 0.278 e. The van der Waals surface area contributed by atoms with Gasteiger partial charge in [0.05, 0.1) is 12.4 Å². The second kappa shape index (κ2) is 4.68. The fourth-order valence-electron chi connectivity index (χ4n) is 2.20. The van der Waals surface area contributed by atoms with Gasteiger partial charge in [-0.05, 0) is 18.9 Å². The zero-order valence-corrected chi connectivity index (χ0v) is 10.7. The molecule has 0 N–H and O–H groups in total. The molecule has 0 saturated carbocycles. The highest BCUT2D eigenvalue weighted by atomic mass is 16.1. The molecule has 96 valence electrons. The van der Waals surface area contributed by atoms with Crippen molar-refractivity contribution in [3.8, 4) is 0 Å². The number of benzene rings is 1. The van der Waals surface area contributed by atoms with Crippen LogP contribution >= 0.6 is 0 Å². The normalized spacial score (nSPS) is 11.0. The van der Waals surface area contributed by atoms with E-state index in [1.54, 1.807) is 4.57 Å². The van der Waals surface area contributed by atoms with E-state index in [9.17, 15) is 4.79 Å². The Morgan fingerprint density at radius 1 is 1.21 bits per heavy atom. The molecule has 0 radical (unpaired) electrons. The first-order valence-corrected chi connectivity index (χ1v) is 6.20. The fraction of sp³-hybridized carbons (Fsp3) is 0.214. The fourth-order valence-corrected chi connectivity index (χ4v) is 2.20. The Hall–Kier alpha value is -2.43. The van der Waals surface area contributed by atoms with Crippen molar-refractivity contribution >= 4 is 5.52 Å². The zero-order valence-electron chi connectivity index (χ0n) is 10.7. The Kier molecular flexibility index (Phi) is 2.87. The Labute approximate surface area is 110 Å². The van der Waals surface area contributed by atoms with Crippen LogP contribution in [0.2, 0.25) is 0 Å². The third-order valence-corrected chi connectivity index (χ3v) is 3.24. The first-order chi connectivity index (χ1) is 9.25. The van der Waals surface area contributed by atoms with Gasteiger partial charge in [-0.3, -0.25) is 4.79 Å².